The van der Waals surface area contributed by atoms with Crippen molar-refractivity contribution in [2.45, 2.75) is 24.7 Å². The Bertz CT molecular complexity index is 226. The van der Waals surface area contributed by atoms with E-state index < -0.39 is 0 Å². The number of aliphatic hydroxyl groups excluding tert-OH is 1. The Balaban J connectivity index is 2.25. The zero-order valence-corrected chi connectivity index (χ0v) is 6.84. The minimum absolute atomic E-state index is 0.0752. The summed E-state index contributed by atoms with van der Waals surface area (Å²) < 4.78 is 3.69. The van der Waals surface area contributed by atoms with E-state index in [-0.39, 0.29) is 12.0 Å². The van der Waals surface area contributed by atoms with Gasteiger partial charge in [0.2, 0.25) is 0 Å². The van der Waals surface area contributed by atoms with Gasteiger partial charge in [0.15, 0.2) is 0 Å². The van der Waals surface area contributed by atoms with E-state index in [1.165, 1.54) is 18.0 Å². The summed E-state index contributed by atoms with van der Waals surface area (Å²) in [7, 11) is 0. The van der Waals surface area contributed by atoms with Crippen molar-refractivity contribution in [1.29, 1.82) is 0 Å². The van der Waals surface area contributed by atoms with Gasteiger partial charge in [-0.25, -0.2) is 0 Å². The third-order valence-corrected chi connectivity index (χ3v) is 3.21. The quantitative estimate of drug-likeness (QED) is 0.697. The Labute approximate surface area is 68.4 Å². The van der Waals surface area contributed by atoms with Crippen molar-refractivity contribution in [1.82, 2.24) is 14.8 Å². The zero-order valence-electron chi connectivity index (χ0n) is 6.03. The molecule has 0 radical (unpaired) electrons. The van der Waals surface area contributed by atoms with Crippen molar-refractivity contribution < 1.29 is 5.11 Å². The number of aromatic nitrogens is 3. The lowest BCUT2D eigenvalue weighted by Gasteiger charge is -2.37. The van der Waals surface area contributed by atoms with E-state index in [0.717, 1.165) is 17.8 Å². The summed E-state index contributed by atoms with van der Waals surface area (Å²) in [6.07, 6.45) is 3.24. The normalized spacial score (nSPS) is 21.2. The average Bonchev–Trinajstić information content (AvgIpc) is 2.39. The molecule has 1 saturated carbocycles. The molecule has 1 N–H and O–H groups in total. The van der Waals surface area contributed by atoms with Crippen molar-refractivity contribution >= 4 is 11.5 Å². The summed E-state index contributed by atoms with van der Waals surface area (Å²) >= 11 is 1.30. The Morgan fingerprint density at radius 3 is 2.73 bits per heavy atom. The standard InChI is InChI=1S/C6H9N3OS/c10-4-6(2-1-3-6)5-7-8-9-11-5/h10H,1-4H2. The molecule has 1 aliphatic rings. The van der Waals surface area contributed by atoms with Crippen molar-refractivity contribution in [2.24, 2.45) is 0 Å². The summed E-state index contributed by atoms with van der Waals surface area (Å²) in [5.41, 5.74) is -0.0752. The first-order valence-corrected chi connectivity index (χ1v) is 4.41. The van der Waals surface area contributed by atoms with Crippen LogP contribution < -0.4 is 0 Å². The highest BCUT2D eigenvalue weighted by molar-refractivity contribution is 7.05. The molecule has 1 fully saturated rings. The van der Waals surface area contributed by atoms with E-state index in [4.69, 9.17) is 5.11 Å². The number of nitrogens with zero attached hydrogens (tertiary/aromatic N) is 3. The SMILES string of the molecule is OCC1(c2nnns2)CCC1. The second-order valence-electron chi connectivity index (χ2n) is 2.96. The molecule has 0 aromatic carbocycles. The molecule has 1 aliphatic carbocycles. The molecule has 1 aromatic rings. The number of hydrogen-bond acceptors (Lipinski definition) is 5. The van der Waals surface area contributed by atoms with E-state index in [1.54, 1.807) is 0 Å². The molecule has 0 spiro atoms. The average molecular weight is 171 g/mol. The molecular formula is C6H9N3OS. The Kier molecular flexibility index (Phi) is 1.61. The number of aliphatic hydroxyl groups is 1. The van der Waals surface area contributed by atoms with Gasteiger partial charge in [-0.2, -0.15) is 0 Å². The van der Waals surface area contributed by atoms with Crippen LogP contribution in [0.5, 0.6) is 0 Å². The minimum atomic E-state index is -0.0752. The summed E-state index contributed by atoms with van der Waals surface area (Å²) in [6.45, 7) is 0.184. The van der Waals surface area contributed by atoms with Crippen LogP contribution in [0.25, 0.3) is 0 Å². The largest absolute Gasteiger partial charge is 0.395 e. The second kappa shape index (κ2) is 2.49. The van der Waals surface area contributed by atoms with Crippen LogP contribution in [0, 0.1) is 0 Å². The molecule has 0 bridgehead atoms. The van der Waals surface area contributed by atoms with Crippen molar-refractivity contribution in [2.75, 3.05) is 6.61 Å². The molecule has 0 atom stereocenters. The maximum absolute atomic E-state index is 9.12. The number of rotatable bonds is 2. The van der Waals surface area contributed by atoms with Crippen LogP contribution >= 0.6 is 11.5 Å². The summed E-state index contributed by atoms with van der Waals surface area (Å²) in [5, 5.41) is 17.4. The minimum Gasteiger partial charge on any atom is -0.395 e. The molecular weight excluding hydrogens is 162 g/mol. The Hall–Kier alpha value is -0.550. The fourth-order valence-corrected chi connectivity index (χ4v) is 2.07. The van der Waals surface area contributed by atoms with Gasteiger partial charge in [0.1, 0.15) is 5.01 Å². The first kappa shape index (κ1) is 7.12. The topological polar surface area (TPSA) is 58.9 Å². The van der Waals surface area contributed by atoms with Gasteiger partial charge in [0, 0.05) is 16.9 Å². The molecule has 0 saturated heterocycles. The van der Waals surface area contributed by atoms with Gasteiger partial charge in [0.05, 0.1) is 6.61 Å². The lowest BCUT2D eigenvalue weighted by atomic mass is 9.70. The maximum atomic E-state index is 9.12. The highest BCUT2D eigenvalue weighted by atomic mass is 32.1. The van der Waals surface area contributed by atoms with Crippen molar-refractivity contribution in [3.8, 4) is 0 Å². The maximum Gasteiger partial charge on any atom is 0.146 e. The monoisotopic (exact) mass is 171 g/mol. The smallest absolute Gasteiger partial charge is 0.146 e. The van der Waals surface area contributed by atoms with Gasteiger partial charge in [-0.1, -0.05) is 10.9 Å². The number of hydrogen-bond donors (Lipinski definition) is 1. The van der Waals surface area contributed by atoms with Gasteiger partial charge in [-0.15, -0.1) is 5.10 Å². The van der Waals surface area contributed by atoms with E-state index in [1.807, 2.05) is 0 Å². The molecule has 5 heteroatoms. The molecule has 60 valence electrons. The summed E-state index contributed by atoms with van der Waals surface area (Å²) in [4.78, 5) is 0. The van der Waals surface area contributed by atoms with Crippen LogP contribution in [0.15, 0.2) is 0 Å². The van der Waals surface area contributed by atoms with Gasteiger partial charge < -0.3 is 5.11 Å². The molecule has 0 aliphatic heterocycles. The highest BCUT2D eigenvalue weighted by Crippen LogP contribution is 2.43. The van der Waals surface area contributed by atoms with Crippen molar-refractivity contribution in [3.63, 3.8) is 0 Å². The van der Waals surface area contributed by atoms with Gasteiger partial charge in [-0.05, 0) is 18.1 Å². The fourth-order valence-electron chi connectivity index (χ4n) is 1.38. The lowest BCUT2D eigenvalue weighted by Crippen LogP contribution is -2.37. The van der Waals surface area contributed by atoms with Crippen LogP contribution in [0.2, 0.25) is 0 Å². The molecule has 0 unspecified atom stereocenters. The van der Waals surface area contributed by atoms with Gasteiger partial charge >= 0.3 is 0 Å². The molecule has 1 aromatic heterocycles. The van der Waals surface area contributed by atoms with E-state index in [2.05, 4.69) is 14.8 Å². The lowest BCUT2D eigenvalue weighted by molar-refractivity contribution is 0.119. The Morgan fingerprint density at radius 1 is 1.55 bits per heavy atom. The van der Waals surface area contributed by atoms with Crippen LogP contribution in [0.4, 0.5) is 0 Å². The third-order valence-electron chi connectivity index (χ3n) is 2.37. The van der Waals surface area contributed by atoms with Gasteiger partial charge in [-0.3, -0.25) is 0 Å². The molecule has 2 rings (SSSR count). The molecule has 0 amide bonds. The summed E-state index contributed by atoms with van der Waals surface area (Å²) in [6, 6.07) is 0. The summed E-state index contributed by atoms with van der Waals surface area (Å²) in [5.74, 6) is 0. The van der Waals surface area contributed by atoms with Crippen LogP contribution in [-0.2, 0) is 5.41 Å². The fraction of sp³-hybridized carbons (Fsp3) is 0.833. The molecule has 4 nitrogen and oxygen atoms in total. The van der Waals surface area contributed by atoms with E-state index >= 15 is 0 Å². The first-order valence-electron chi connectivity index (χ1n) is 3.64. The van der Waals surface area contributed by atoms with Crippen LogP contribution in [-0.4, -0.2) is 26.5 Å². The zero-order chi connectivity index (χ0) is 7.73. The molecule has 1 heterocycles. The predicted octanol–water partition coefficient (Wildman–Crippen LogP) is 0.347. The highest BCUT2D eigenvalue weighted by Gasteiger charge is 2.41. The Morgan fingerprint density at radius 2 is 2.36 bits per heavy atom. The third kappa shape index (κ3) is 0.954. The van der Waals surface area contributed by atoms with Crippen LogP contribution in [0.3, 0.4) is 0 Å². The van der Waals surface area contributed by atoms with E-state index in [9.17, 15) is 0 Å². The molecule has 11 heavy (non-hydrogen) atoms. The van der Waals surface area contributed by atoms with E-state index in [0.29, 0.717) is 0 Å². The second-order valence-corrected chi connectivity index (χ2v) is 3.69. The first-order chi connectivity index (χ1) is 5.37. The van der Waals surface area contributed by atoms with Crippen molar-refractivity contribution in [3.05, 3.63) is 5.01 Å². The predicted molar refractivity (Wildman–Crippen MR) is 40.3 cm³/mol. The van der Waals surface area contributed by atoms with Crippen LogP contribution in [0.1, 0.15) is 24.3 Å². The van der Waals surface area contributed by atoms with Gasteiger partial charge in [0.25, 0.3) is 0 Å².